The number of rotatable bonds is 3. The Bertz CT molecular complexity index is 1040. The molecule has 1 aliphatic carbocycles. The lowest BCUT2D eigenvalue weighted by Crippen LogP contribution is -2.36. The quantitative estimate of drug-likeness (QED) is 0.482. The summed E-state index contributed by atoms with van der Waals surface area (Å²) in [6.45, 7) is 2.75. The molecule has 0 spiro atoms. The number of amides is 1. The topological polar surface area (TPSA) is 46.1 Å². The predicted molar refractivity (Wildman–Crippen MR) is 112 cm³/mol. The molecule has 4 nitrogen and oxygen atoms in total. The van der Waals surface area contributed by atoms with E-state index >= 15 is 0 Å². The van der Waals surface area contributed by atoms with Crippen LogP contribution in [-0.2, 0) is 24.1 Å². The summed E-state index contributed by atoms with van der Waals surface area (Å²) in [4.78, 5) is 26.8. The van der Waals surface area contributed by atoms with Gasteiger partial charge in [-0.15, -0.1) is 11.3 Å². The van der Waals surface area contributed by atoms with Crippen molar-refractivity contribution in [2.24, 2.45) is 0 Å². The number of carbonyl (C=O) groups is 1. The Labute approximate surface area is 167 Å². The van der Waals surface area contributed by atoms with Gasteiger partial charge in [0.15, 0.2) is 0 Å². The first-order chi connectivity index (χ1) is 13.2. The Kier molecular flexibility index (Phi) is 4.40. The van der Waals surface area contributed by atoms with Crippen molar-refractivity contribution in [1.82, 2.24) is 9.97 Å². The van der Waals surface area contributed by atoms with E-state index in [-0.39, 0.29) is 5.91 Å². The third-order valence-corrected chi connectivity index (χ3v) is 7.53. The minimum absolute atomic E-state index is 0.170. The summed E-state index contributed by atoms with van der Waals surface area (Å²) in [5.74, 6) is 1.38. The number of anilines is 1. The number of carbonyl (C=O) groups excluding carboxylic acids is 1. The zero-order valence-electron chi connectivity index (χ0n) is 15.3. The molecule has 3 heterocycles. The molecule has 0 fully saturated rings. The highest BCUT2D eigenvalue weighted by atomic mass is 32.2. The minimum atomic E-state index is 0.170. The molecule has 2 aromatic heterocycles. The van der Waals surface area contributed by atoms with Crippen molar-refractivity contribution in [1.29, 1.82) is 0 Å². The zero-order valence-corrected chi connectivity index (χ0v) is 17.0. The molecule has 5 rings (SSSR count). The maximum atomic E-state index is 13.0. The molecule has 0 radical (unpaired) electrons. The summed E-state index contributed by atoms with van der Waals surface area (Å²) in [6.07, 6.45) is 5.58. The number of fused-ring (bicyclic) bond motifs is 4. The molecule has 0 saturated heterocycles. The highest BCUT2D eigenvalue weighted by Crippen LogP contribution is 2.40. The van der Waals surface area contributed by atoms with Crippen molar-refractivity contribution in [3.05, 3.63) is 46.1 Å². The van der Waals surface area contributed by atoms with Crippen molar-refractivity contribution in [3.63, 3.8) is 0 Å². The monoisotopic (exact) mass is 395 g/mol. The van der Waals surface area contributed by atoms with Gasteiger partial charge in [-0.1, -0.05) is 30.0 Å². The zero-order chi connectivity index (χ0) is 18.4. The van der Waals surface area contributed by atoms with Gasteiger partial charge >= 0.3 is 0 Å². The van der Waals surface area contributed by atoms with Gasteiger partial charge in [0, 0.05) is 22.5 Å². The molecule has 0 N–H and O–H groups in total. The number of nitrogens with zero attached hydrogens (tertiary/aromatic N) is 3. The van der Waals surface area contributed by atoms with Crippen LogP contribution in [0.15, 0.2) is 29.3 Å². The van der Waals surface area contributed by atoms with Crippen LogP contribution in [0.2, 0.25) is 0 Å². The average Bonchev–Trinajstić information content (AvgIpc) is 3.26. The number of aromatic nitrogens is 2. The normalized spacial score (nSPS) is 15.8. The van der Waals surface area contributed by atoms with Crippen molar-refractivity contribution in [2.75, 3.05) is 17.2 Å². The summed E-state index contributed by atoms with van der Waals surface area (Å²) < 4.78 is 0. The van der Waals surface area contributed by atoms with Crippen LogP contribution in [0.3, 0.4) is 0 Å². The standard InChI is InChI=1S/C21H21N3OS2/c1-13-22-20(19-15-8-4-10-17(15)27-21(19)23-13)26-12-18(25)24-11-5-7-14-6-2-3-9-16(14)24/h2-3,6,9H,4-5,7-8,10-12H2,1H3. The largest absolute Gasteiger partial charge is 0.311 e. The van der Waals surface area contributed by atoms with E-state index in [1.54, 1.807) is 11.8 Å². The Balaban J connectivity index is 1.42. The SMILES string of the molecule is Cc1nc(SCC(=O)N2CCCc3ccccc32)c2c3c(sc2n1)CCC3. The van der Waals surface area contributed by atoms with Crippen molar-refractivity contribution in [2.45, 2.75) is 44.1 Å². The molecule has 0 unspecified atom stereocenters. The lowest BCUT2D eigenvalue weighted by Gasteiger charge is -2.29. The lowest BCUT2D eigenvalue weighted by atomic mass is 10.0. The van der Waals surface area contributed by atoms with Crippen LogP contribution in [-0.4, -0.2) is 28.2 Å². The fraction of sp³-hybridized carbons (Fsp3) is 0.381. The van der Waals surface area contributed by atoms with Crippen LogP contribution in [0.1, 0.15) is 34.7 Å². The number of hydrogen-bond donors (Lipinski definition) is 0. The molecule has 0 atom stereocenters. The number of aryl methyl sites for hydroxylation is 4. The summed E-state index contributed by atoms with van der Waals surface area (Å²) in [5.41, 5.74) is 3.78. The number of benzene rings is 1. The Hall–Kier alpha value is -1.92. The van der Waals surface area contributed by atoms with E-state index < -0.39 is 0 Å². The van der Waals surface area contributed by atoms with Gasteiger partial charge in [-0.2, -0.15) is 0 Å². The summed E-state index contributed by atoms with van der Waals surface area (Å²) in [7, 11) is 0. The maximum Gasteiger partial charge on any atom is 0.237 e. The third-order valence-electron chi connectivity index (χ3n) is 5.39. The van der Waals surface area contributed by atoms with Gasteiger partial charge in [-0.3, -0.25) is 4.79 Å². The lowest BCUT2D eigenvalue weighted by molar-refractivity contribution is -0.116. The Morgan fingerprint density at radius 2 is 2.07 bits per heavy atom. The number of hydrogen-bond acceptors (Lipinski definition) is 5. The second-order valence-corrected chi connectivity index (χ2v) is 9.23. The van der Waals surface area contributed by atoms with E-state index in [9.17, 15) is 4.79 Å². The van der Waals surface area contributed by atoms with Crippen molar-refractivity contribution >= 4 is 44.9 Å². The van der Waals surface area contributed by atoms with E-state index in [4.69, 9.17) is 4.98 Å². The molecule has 6 heteroatoms. The Morgan fingerprint density at radius 1 is 1.19 bits per heavy atom. The van der Waals surface area contributed by atoms with Gasteiger partial charge in [0.25, 0.3) is 0 Å². The molecule has 1 aliphatic heterocycles. The summed E-state index contributed by atoms with van der Waals surface area (Å²) >= 11 is 3.38. The third kappa shape index (κ3) is 3.05. The van der Waals surface area contributed by atoms with Crippen LogP contribution in [0.4, 0.5) is 5.69 Å². The van der Waals surface area contributed by atoms with Crippen LogP contribution in [0, 0.1) is 6.92 Å². The van der Waals surface area contributed by atoms with E-state index in [2.05, 4.69) is 23.2 Å². The molecular formula is C21H21N3OS2. The summed E-state index contributed by atoms with van der Waals surface area (Å²) in [6, 6.07) is 8.27. The fourth-order valence-corrected chi connectivity index (χ4v) is 6.52. The number of thiophene rings is 1. The highest BCUT2D eigenvalue weighted by molar-refractivity contribution is 8.00. The van der Waals surface area contributed by atoms with E-state index in [0.29, 0.717) is 5.75 Å². The van der Waals surface area contributed by atoms with Gasteiger partial charge in [-0.05, 0) is 56.2 Å². The van der Waals surface area contributed by atoms with Gasteiger partial charge in [0.2, 0.25) is 5.91 Å². The molecule has 1 amide bonds. The fourth-order valence-electron chi connectivity index (χ4n) is 4.17. The smallest absolute Gasteiger partial charge is 0.237 e. The predicted octanol–water partition coefficient (Wildman–Crippen LogP) is 4.56. The van der Waals surface area contributed by atoms with Crippen LogP contribution >= 0.6 is 23.1 Å². The molecule has 27 heavy (non-hydrogen) atoms. The van der Waals surface area contributed by atoms with Crippen LogP contribution < -0.4 is 4.90 Å². The van der Waals surface area contributed by atoms with Crippen molar-refractivity contribution in [3.8, 4) is 0 Å². The average molecular weight is 396 g/mol. The highest BCUT2D eigenvalue weighted by Gasteiger charge is 2.25. The van der Waals surface area contributed by atoms with Gasteiger partial charge in [0.1, 0.15) is 15.7 Å². The molecule has 0 bridgehead atoms. The maximum absolute atomic E-state index is 13.0. The first kappa shape index (κ1) is 17.2. The van der Waals surface area contributed by atoms with Gasteiger partial charge in [-0.25, -0.2) is 9.97 Å². The molecule has 3 aromatic rings. The van der Waals surface area contributed by atoms with E-state index in [1.165, 1.54) is 27.8 Å². The molecule has 2 aliphatic rings. The van der Waals surface area contributed by atoms with Gasteiger partial charge < -0.3 is 4.90 Å². The van der Waals surface area contributed by atoms with E-state index in [0.717, 1.165) is 53.6 Å². The molecule has 0 saturated carbocycles. The second-order valence-electron chi connectivity index (χ2n) is 7.18. The molecule has 138 valence electrons. The first-order valence-corrected chi connectivity index (χ1v) is 11.3. The minimum Gasteiger partial charge on any atom is -0.311 e. The van der Waals surface area contributed by atoms with Crippen LogP contribution in [0.25, 0.3) is 10.2 Å². The molecule has 1 aromatic carbocycles. The van der Waals surface area contributed by atoms with Gasteiger partial charge in [0.05, 0.1) is 5.75 Å². The number of para-hydroxylation sites is 1. The summed E-state index contributed by atoms with van der Waals surface area (Å²) in [5, 5.41) is 2.19. The van der Waals surface area contributed by atoms with Crippen molar-refractivity contribution < 1.29 is 4.79 Å². The Morgan fingerprint density at radius 3 is 3.00 bits per heavy atom. The number of thioether (sulfide) groups is 1. The first-order valence-electron chi connectivity index (χ1n) is 9.50. The van der Waals surface area contributed by atoms with E-state index in [1.807, 2.05) is 29.2 Å². The molecular weight excluding hydrogens is 374 g/mol. The van der Waals surface area contributed by atoms with Crippen LogP contribution in [0.5, 0.6) is 0 Å². The second kappa shape index (κ2) is 6.91.